The van der Waals surface area contributed by atoms with Gasteiger partial charge in [-0.1, -0.05) is 0 Å². The Kier molecular flexibility index (Phi) is 3.99. The number of nitrogens with zero attached hydrogens (tertiary/aromatic N) is 2. The summed E-state index contributed by atoms with van der Waals surface area (Å²) in [5.74, 6) is -0.434. The van der Waals surface area contributed by atoms with Crippen molar-refractivity contribution in [2.75, 3.05) is 20.6 Å². The number of aromatic nitrogens is 1. The van der Waals surface area contributed by atoms with Crippen molar-refractivity contribution in [3.05, 3.63) is 29.6 Å². The summed E-state index contributed by atoms with van der Waals surface area (Å²) in [6.45, 7) is 1.84. The lowest BCUT2D eigenvalue weighted by molar-refractivity contribution is -0.127. The van der Waals surface area contributed by atoms with Crippen LogP contribution in [0.1, 0.15) is 16.1 Å². The SMILES string of the molecule is Cc1ccc(C(=O)NCC(=O)N(C)C)cn1. The molecule has 0 radical (unpaired) electrons. The van der Waals surface area contributed by atoms with E-state index in [4.69, 9.17) is 0 Å². The lowest BCUT2D eigenvalue weighted by atomic mass is 10.2. The second kappa shape index (κ2) is 5.25. The summed E-state index contributed by atoms with van der Waals surface area (Å²) in [5.41, 5.74) is 1.30. The average Bonchev–Trinajstić information content (AvgIpc) is 2.26. The van der Waals surface area contributed by atoms with Gasteiger partial charge in [0.15, 0.2) is 0 Å². The quantitative estimate of drug-likeness (QED) is 0.793. The second-order valence-electron chi connectivity index (χ2n) is 3.66. The van der Waals surface area contributed by atoms with E-state index in [1.807, 2.05) is 6.92 Å². The fourth-order valence-corrected chi connectivity index (χ4v) is 1.02. The molecule has 2 amide bonds. The Morgan fingerprint density at radius 2 is 2.06 bits per heavy atom. The van der Waals surface area contributed by atoms with Crippen LogP contribution in [0, 0.1) is 6.92 Å². The van der Waals surface area contributed by atoms with E-state index in [0.717, 1.165) is 5.69 Å². The van der Waals surface area contributed by atoms with Crippen molar-refractivity contribution in [2.45, 2.75) is 6.92 Å². The molecule has 0 bridgehead atoms. The molecule has 0 saturated carbocycles. The lowest BCUT2D eigenvalue weighted by Gasteiger charge is -2.10. The van der Waals surface area contributed by atoms with Gasteiger partial charge in [0.1, 0.15) is 0 Å². The number of nitrogens with one attached hydrogen (secondary N) is 1. The molecule has 0 atom stereocenters. The van der Waals surface area contributed by atoms with Gasteiger partial charge in [0, 0.05) is 26.0 Å². The lowest BCUT2D eigenvalue weighted by Crippen LogP contribution is -2.36. The van der Waals surface area contributed by atoms with Crippen molar-refractivity contribution in [2.24, 2.45) is 0 Å². The van der Waals surface area contributed by atoms with E-state index in [1.54, 1.807) is 26.2 Å². The first kappa shape index (κ1) is 12.2. The molecule has 0 fully saturated rings. The molecule has 16 heavy (non-hydrogen) atoms. The van der Waals surface area contributed by atoms with Crippen molar-refractivity contribution in [3.63, 3.8) is 0 Å². The minimum Gasteiger partial charge on any atom is -0.347 e. The van der Waals surface area contributed by atoms with Crippen LogP contribution in [0.3, 0.4) is 0 Å². The van der Waals surface area contributed by atoms with Crippen LogP contribution < -0.4 is 5.32 Å². The highest BCUT2D eigenvalue weighted by Gasteiger charge is 2.08. The van der Waals surface area contributed by atoms with Crippen LogP contribution in [0.4, 0.5) is 0 Å². The van der Waals surface area contributed by atoms with E-state index in [0.29, 0.717) is 5.56 Å². The Hall–Kier alpha value is -1.91. The molecule has 0 unspecified atom stereocenters. The highest BCUT2D eigenvalue weighted by atomic mass is 16.2. The summed E-state index contributed by atoms with van der Waals surface area (Å²) in [5, 5.41) is 2.53. The van der Waals surface area contributed by atoms with E-state index in [9.17, 15) is 9.59 Å². The third-order valence-corrected chi connectivity index (χ3v) is 2.07. The number of hydrogen-bond donors (Lipinski definition) is 1. The fraction of sp³-hybridized carbons (Fsp3) is 0.364. The zero-order chi connectivity index (χ0) is 12.1. The van der Waals surface area contributed by atoms with Gasteiger partial charge in [-0.3, -0.25) is 14.6 Å². The Labute approximate surface area is 94.5 Å². The maximum Gasteiger partial charge on any atom is 0.253 e. The van der Waals surface area contributed by atoms with E-state index in [-0.39, 0.29) is 18.4 Å². The van der Waals surface area contributed by atoms with Gasteiger partial charge in [0.2, 0.25) is 5.91 Å². The summed E-state index contributed by atoms with van der Waals surface area (Å²) in [6, 6.07) is 3.43. The highest BCUT2D eigenvalue weighted by Crippen LogP contribution is 1.98. The van der Waals surface area contributed by atoms with Crippen LogP contribution in [-0.4, -0.2) is 42.3 Å². The van der Waals surface area contributed by atoms with Gasteiger partial charge in [0.05, 0.1) is 12.1 Å². The predicted molar refractivity (Wildman–Crippen MR) is 60.0 cm³/mol. The normalized spacial score (nSPS) is 9.69. The first-order valence-electron chi connectivity index (χ1n) is 4.91. The van der Waals surface area contributed by atoms with Crippen molar-refractivity contribution in [1.29, 1.82) is 0 Å². The van der Waals surface area contributed by atoms with Gasteiger partial charge < -0.3 is 10.2 Å². The Bertz CT molecular complexity index is 385. The van der Waals surface area contributed by atoms with Gasteiger partial charge in [-0.25, -0.2) is 0 Å². The number of amides is 2. The van der Waals surface area contributed by atoms with E-state index in [1.165, 1.54) is 11.1 Å². The minimum absolute atomic E-state index is 0.000288. The third-order valence-electron chi connectivity index (χ3n) is 2.07. The largest absolute Gasteiger partial charge is 0.347 e. The van der Waals surface area contributed by atoms with Gasteiger partial charge in [0.25, 0.3) is 5.91 Å². The average molecular weight is 221 g/mol. The summed E-state index contributed by atoms with van der Waals surface area (Å²) < 4.78 is 0. The molecular formula is C11H15N3O2. The zero-order valence-electron chi connectivity index (χ0n) is 9.65. The molecule has 0 spiro atoms. The molecule has 0 aliphatic rings. The van der Waals surface area contributed by atoms with E-state index in [2.05, 4.69) is 10.3 Å². The van der Waals surface area contributed by atoms with Crippen molar-refractivity contribution in [1.82, 2.24) is 15.2 Å². The Morgan fingerprint density at radius 1 is 1.38 bits per heavy atom. The molecule has 1 N–H and O–H groups in total. The van der Waals surface area contributed by atoms with Gasteiger partial charge in [-0.15, -0.1) is 0 Å². The molecule has 5 nitrogen and oxygen atoms in total. The minimum atomic E-state index is -0.289. The summed E-state index contributed by atoms with van der Waals surface area (Å²) in [4.78, 5) is 28.2. The topological polar surface area (TPSA) is 62.3 Å². The monoisotopic (exact) mass is 221 g/mol. The standard InChI is InChI=1S/C11H15N3O2/c1-8-4-5-9(6-12-8)11(16)13-7-10(15)14(2)3/h4-6H,7H2,1-3H3,(H,13,16). The van der Waals surface area contributed by atoms with Crippen LogP contribution in [0.25, 0.3) is 0 Å². The van der Waals surface area contributed by atoms with Crippen LogP contribution in [-0.2, 0) is 4.79 Å². The highest BCUT2D eigenvalue weighted by molar-refractivity contribution is 5.96. The molecule has 0 aliphatic heterocycles. The fourth-order valence-electron chi connectivity index (χ4n) is 1.02. The molecule has 1 rings (SSSR count). The molecule has 1 heterocycles. The van der Waals surface area contributed by atoms with Gasteiger partial charge in [-0.05, 0) is 19.1 Å². The van der Waals surface area contributed by atoms with Gasteiger partial charge >= 0.3 is 0 Å². The number of pyridine rings is 1. The molecule has 0 aromatic carbocycles. The third kappa shape index (κ3) is 3.34. The smallest absolute Gasteiger partial charge is 0.253 e. The Morgan fingerprint density at radius 3 is 2.56 bits per heavy atom. The molecule has 0 aliphatic carbocycles. The molecule has 1 aromatic heterocycles. The first-order valence-corrected chi connectivity index (χ1v) is 4.91. The number of likely N-dealkylation sites (N-methyl/N-ethyl adjacent to an activating group) is 1. The zero-order valence-corrected chi connectivity index (χ0v) is 9.65. The summed E-state index contributed by atoms with van der Waals surface area (Å²) in [7, 11) is 3.28. The number of hydrogen-bond acceptors (Lipinski definition) is 3. The van der Waals surface area contributed by atoms with Crippen LogP contribution in [0.5, 0.6) is 0 Å². The molecule has 0 saturated heterocycles. The summed E-state index contributed by atoms with van der Waals surface area (Å²) in [6.07, 6.45) is 1.49. The number of rotatable bonds is 3. The second-order valence-corrected chi connectivity index (χ2v) is 3.66. The van der Waals surface area contributed by atoms with Crippen LogP contribution in [0.15, 0.2) is 18.3 Å². The first-order chi connectivity index (χ1) is 7.50. The summed E-state index contributed by atoms with van der Waals surface area (Å²) >= 11 is 0. The van der Waals surface area contributed by atoms with Crippen molar-refractivity contribution >= 4 is 11.8 Å². The van der Waals surface area contributed by atoms with E-state index >= 15 is 0 Å². The van der Waals surface area contributed by atoms with Crippen LogP contribution >= 0.6 is 0 Å². The number of carbonyl (C=O) groups excluding carboxylic acids is 2. The Balaban J connectivity index is 2.53. The molecular weight excluding hydrogens is 206 g/mol. The number of carbonyl (C=O) groups is 2. The van der Waals surface area contributed by atoms with Crippen molar-refractivity contribution < 1.29 is 9.59 Å². The molecule has 86 valence electrons. The predicted octanol–water partition coefficient (Wildman–Crippen LogP) is 0.208. The van der Waals surface area contributed by atoms with Gasteiger partial charge in [-0.2, -0.15) is 0 Å². The van der Waals surface area contributed by atoms with Crippen molar-refractivity contribution in [3.8, 4) is 0 Å². The molecule has 5 heteroatoms. The number of aryl methyl sites for hydroxylation is 1. The molecule has 1 aromatic rings. The maximum absolute atomic E-state index is 11.6. The maximum atomic E-state index is 11.6. The van der Waals surface area contributed by atoms with E-state index < -0.39 is 0 Å². The van der Waals surface area contributed by atoms with Crippen LogP contribution in [0.2, 0.25) is 0 Å².